The van der Waals surface area contributed by atoms with E-state index in [1.54, 1.807) is 16.8 Å². The number of hydrogen-bond donors (Lipinski definition) is 1. The Morgan fingerprint density at radius 3 is 2.94 bits per heavy atom. The lowest BCUT2D eigenvalue weighted by molar-refractivity contribution is 0.564. The van der Waals surface area contributed by atoms with E-state index >= 15 is 0 Å². The maximum atomic E-state index is 13.8. The molecule has 0 aliphatic rings. The predicted octanol–water partition coefficient (Wildman–Crippen LogP) is 2.65. The standard InChI is InChI=1S/C12H14ClFN4/c1-2-4-10-12(15)16-17-18(10)7-8-5-3-6-9(13)11(8)14/h3,5-6H,2,4,7,15H2,1H3. The summed E-state index contributed by atoms with van der Waals surface area (Å²) in [6, 6.07) is 4.90. The van der Waals surface area contributed by atoms with Crippen molar-refractivity contribution in [2.75, 3.05) is 5.73 Å². The molecule has 0 saturated carbocycles. The Balaban J connectivity index is 2.31. The van der Waals surface area contributed by atoms with Crippen LogP contribution in [0.1, 0.15) is 24.6 Å². The minimum Gasteiger partial charge on any atom is -0.381 e. The van der Waals surface area contributed by atoms with Crippen LogP contribution in [0.2, 0.25) is 5.02 Å². The van der Waals surface area contributed by atoms with Gasteiger partial charge in [0.1, 0.15) is 5.82 Å². The van der Waals surface area contributed by atoms with Gasteiger partial charge in [-0.1, -0.05) is 42.3 Å². The number of nitrogen functional groups attached to an aromatic ring is 1. The third-order valence-corrected chi connectivity index (χ3v) is 3.00. The van der Waals surface area contributed by atoms with Crippen LogP contribution in [0.25, 0.3) is 0 Å². The number of rotatable bonds is 4. The molecule has 18 heavy (non-hydrogen) atoms. The van der Waals surface area contributed by atoms with Crippen molar-refractivity contribution in [1.82, 2.24) is 15.0 Å². The van der Waals surface area contributed by atoms with E-state index in [0.29, 0.717) is 11.4 Å². The Hall–Kier alpha value is -1.62. The maximum Gasteiger partial charge on any atom is 0.169 e. The molecule has 2 N–H and O–H groups in total. The summed E-state index contributed by atoms with van der Waals surface area (Å²) < 4.78 is 15.4. The first kappa shape index (κ1) is 12.8. The number of benzene rings is 1. The molecule has 0 bridgehead atoms. The van der Waals surface area contributed by atoms with Gasteiger partial charge in [0, 0.05) is 5.56 Å². The molecule has 6 heteroatoms. The van der Waals surface area contributed by atoms with Crippen LogP contribution in [0.4, 0.5) is 10.2 Å². The first-order valence-electron chi connectivity index (χ1n) is 5.74. The van der Waals surface area contributed by atoms with Crippen LogP contribution in [0, 0.1) is 5.82 Å². The summed E-state index contributed by atoms with van der Waals surface area (Å²) in [7, 11) is 0. The van der Waals surface area contributed by atoms with Gasteiger partial charge in [-0.2, -0.15) is 0 Å². The van der Waals surface area contributed by atoms with Gasteiger partial charge in [0.15, 0.2) is 5.82 Å². The molecule has 96 valence electrons. The highest BCUT2D eigenvalue weighted by Crippen LogP contribution is 2.20. The molecule has 0 saturated heterocycles. The third-order valence-electron chi connectivity index (χ3n) is 2.71. The van der Waals surface area contributed by atoms with E-state index in [4.69, 9.17) is 17.3 Å². The van der Waals surface area contributed by atoms with Gasteiger partial charge in [0.25, 0.3) is 0 Å². The van der Waals surface area contributed by atoms with Crippen molar-refractivity contribution in [3.05, 3.63) is 40.3 Å². The molecular weight excluding hydrogens is 255 g/mol. The molecule has 0 aliphatic carbocycles. The Morgan fingerprint density at radius 2 is 2.22 bits per heavy atom. The summed E-state index contributed by atoms with van der Waals surface area (Å²) in [6.45, 7) is 2.32. The van der Waals surface area contributed by atoms with Gasteiger partial charge in [-0.25, -0.2) is 9.07 Å². The lowest BCUT2D eigenvalue weighted by Gasteiger charge is -2.07. The van der Waals surface area contributed by atoms with Gasteiger partial charge < -0.3 is 5.73 Å². The van der Waals surface area contributed by atoms with Crippen LogP contribution in [0.15, 0.2) is 18.2 Å². The van der Waals surface area contributed by atoms with E-state index in [2.05, 4.69) is 10.3 Å². The molecule has 1 aromatic carbocycles. The van der Waals surface area contributed by atoms with Crippen LogP contribution in [0.5, 0.6) is 0 Å². The Bertz CT molecular complexity index is 553. The molecule has 2 rings (SSSR count). The first-order chi connectivity index (χ1) is 8.63. The fraction of sp³-hybridized carbons (Fsp3) is 0.333. The summed E-state index contributed by atoms with van der Waals surface area (Å²) in [6.07, 6.45) is 1.69. The normalized spacial score (nSPS) is 10.8. The highest BCUT2D eigenvalue weighted by Gasteiger charge is 2.12. The zero-order valence-corrected chi connectivity index (χ0v) is 10.8. The number of nitrogens with zero attached hydrogens (tertiary/aromatic N) is 3. The lowest BCUT2D eigenvalue weighted by atomic mass is 10.2. The van der Waals surface area contributed by atoms with E-state index in [0.717, 1.165) is 18.5 Å². The molecule has 0 spiro atoms. The predicted molar refractivity (Wildman–Crippen MR) is 68.9 cm³/mol. The van der Waals surface area contributed by atoms with E-state index in [9.17, 15) is 4.39 Å². The van der Waals surface area contributed by atoms with Gasteiger partial charge in [-0.15, -0.1) is 5.10 Å². The summed E-state index contributed by atoms with van der Waals surface area (Å²) in [5.41, 5.74) is 7.04. The van der Waals surface area contributed by atoms with Crippen molar-refractivity contribution in [3.63, 3.8) is 0 Å². The second-order valence-electron chi connectivity index (χ2n) is 4.04. The average molecular weight is 269 g/mol. The van der Waals surface area contributed by atoms with Crippen molar-refractivity contribution < 1.29 is 4.39 Å². The smallest absolute Gasteiger partial charge is 0.169 e. The Morgan fingerprint density at radius 1 is 1.44 bits per heavy atom. The minimum absolute atomic E-state index is 0.109. The quantitative estimate of drug-likeness (QED) is 0.927. The van der Waals surface area contributed by atoms with Crippen molar-refractivity contribution in [3.8, 4) is 0 Å². The second-order valence-corrected chi connectivity index (χ2v) is 4.45. The minimum atomic E-state index is -0.421. The Kier molecular flexibility index (Phi) is 3.81. The number of aromatic nitrogens is 3. The fourth-order valence-electron chi connectivity index (χ4n) is 1.80. The zero-order valence-electron chi connectivity index (χ0n) is 10.0. The van der Waals surface area contributed by atoms with Gasteiger partial charge in [0.05, 0.1) is 17.3 Å². The van der Waals surface area contributed by atoms with E-state index in [1.165, 1.54) is 6.07 Å². The SMILES string of the molecule is CCCc1c(N)nnn1Cc1cccc(Cl)c1F. The average Bonchev–Trinajstić information content (AvgIpc) is 2.68. The second kappa shape index (κ2) is 5.35. The van der Waals surface area contributed by atoms with E-state index < -0.39 is 5.82 Å². The van der Waals surface area contributed by atoms with Gasteiger partial charge in [-0.05, 0) is 12.5 Å². The molecule has 0 fully saturated rings. The van der Waals surface area contributed by atoms with Gasteiger partial charge in [0.2, 0.25) is 0 Å². The molecule has 0 atom stereocenters. The molecule has 0 aliphatic heterocycles. The molecule has 1 heterocycles. The summed E-state index contributed by atoms with van der Waals surface area (Å²) >= 11 is 5.74. The van der Waals surface area contributed by atoms with Crippen LogP contribution in [0.3, 0.4) is 0 Å². The summed E-state index contributed by atoms with van der Waals surface area (Å²) in [5.74, 6) is -0.0185. The lowest BCUT2D eigenvalue weighted by Crippen LogP contribution is -2.09. The van der Waals surface area contributed by atoms with Crippen molar-refractivity contribution in [2.24, 2.45) is 0 Å². The number of halogens is 2. The molecule has 4 nitrogen and oxygen atoms in total. The van der Waals surface area contributed by atoms with Crippen molar-refractivity contribution in [1.29, 1.82) is 0 Å². The summed E-state index contributed by atoms with van der Waals surface area (Å²) in [4.78, 5) is 0. The zero-order chi connectivity index (χ0) is 13.1. The summed E-state index contributed by atoms with van der Waals surface area (Å²) in [5, 5.41) is 7.86. The molecule has 0 unspecified atom stereocenters. The molecule has 2 aromatic rings. The third kappa shape index (κ3) is 2.46. The molecule has 0 radical (unpaired) electrons. The number of nitrogens with two attached hydrogens (primary N) is 1. The molecular formula is C12H14ClFN4. The van der Waals surface area contributed by atoms with E-state index in [-0.39, 0.29) is 11.6 Å². The van der Waals surface area contributed by atoms with E-state index in [1.807, 2.05) is 6.92 Å². The highest BCUT2D eigenvalue weighted by atomic mass is 35.5. The highest BCUT2D eigenvalue weighted by molar-refractivity contribution is 6.30. The number of hydrogen-bond acceptors (Lipinski definition) is 3. The van der Waals surface area contributed by atoms with Crippen LogP contribution in [-0.4, -0.2) is 15.0 Å². The first-order valence-corrected chi connectivity index (χ1v) is 6.12. The van der Waals surface area contributed by atoms with Crippen molar-refractivity contribution >= 4 is 17.4 Å². The number of anilines is 1. The van der Waals surface area contributed by atoms with Crippen LogP contribution >= 0.6 is 11.6 Å². The van der Waals surface area contributed by atoms with Crippen LogP contribution in [-0.2, 0) is 13.0 Å². The van der Waals surface area contributed by atoms with Gasteiger partial charge in [-0.3, -0.25) is 0 Å². The van der Waals surface area contributed by atoms with Crippen LogP contribution < -0.4 is 5.73 Å². The monoisotopic (exact) mass is 268 g/mol. The molecule has 0 amide bonds. The molecule has 1 aromatic heterocycles. The van der Waals surface area contributed by atoms with Crippen molar-refractivity contribution in [2.45, 2.75) is 26.3 Å². The fourth-order valence-corrected chi connectivity index (χ4v) is 1.99. The Labute approximate surface area is 110 Å². The maximum absolute atomic E-state index is 13.8. The topological polar surface area (TPSA) is 56.7 Å². The van der Waals surface area contributed by atoms with Gasteiger partial charge >= 0.3 is 0 Å². The largest absolute Gasteiger partial charge is 0.381 e.